The van der Waals surface area contributed by atoms with E-state index in [4.69, 9.17) is 0 Å². The Labute approximate surface area is 124 Å². The van der Waals surface area contributed by atoms with Gasteiger partial charge in [0.25, 0.3) is 5.56 Å². The van der Waals surface area contributed by atoms with Gasteiger partial charge in [-0.1, -0.05) is 13.8 Å². The van der Waals surface area contributed by atoms with Crippen molar-refractivity contribution in [3.63, 3.8) is 0 Å². The van der Waals surface area contributed by atoms with E-state index in [0.717, 1.165) is 30.8 Å². The second kappa shape index (κ2) is 7.06. The van der Waals surface area contributed by atoms with E-state index in [0.29, 0.717) is 12.6 Å². The van der Waals surface area contributed by atoms with Crippen LogP contribution in [0.4, 0.5) is 5.69 Å². The average molecular weight is 289 g/mol. The Hall–Kier alpha value is -2.11. The van der Waals surface area contributed by atoms with Crippen LogP contribution in [0.25, 0.3) is 0 Å². The minimum Gasteiger partial charge on any atom is -0.384 e. The fraction of sp³-hybridized carbons (Fsp3) is 0.533. The van der Waals surface area contributed by atoms with E-state index in [-0.39, 0.29) is 5.56 Å². The van der Waals surface area contributed by atoms with E-state index in [2.05, 4.69) is 29.4 Å². The first-order valence-corrected chi connectivity index (χ1v) is 7.53. The van der Waals surface area contributed by atoms with E-state index in [1.807, 2.05) is 23.9 Å². The van der Waals surface area contributed by atoms with Gasteiger partial charge in [0.15, 0.2) is 0 Å². The molecule has 2 rings (SSSR count). The average Bonchev–Trinajstić information content (AvgIpc) is 2.92. The van der Waals surface area contributed by atoms with E-state index >= 15 is 0 Å². The fourth-order valence-electron chi connectivity index (χ4n) is 2.33. The van der Waals surface area contributed by atoms with Gasteiger partial charge in [-0.15, -0.1) is 0 Å². The zero-order chi connectivity index (χ0) is 15.2. The molecule has 0 aliphatic rings. The Kier molecular flexibility index (Phi) is 5.14. The molecule has 0 spiro atoms. The molecule has 0 amide bonds. The normalized spacial score (nSPS) is 11.0. The molecule has 2 aromatic rings. The fourth-order valence-corrected chi connectivity index (χ4v) is 2.33. The van der Waals surface area contributed by atoms with Gasteiger partial charge in [0.1, 0.15) is 0 Å². The van der Waals surface area contributed by atoms with Crippen molar-refractivity contribution in [1.29, 1.82) is 0 Å². The SMILES string of the molecule is CCNc1cnn(Cc2ccn(C(CC)CC)n2)c(=O)c1. The molecule has 1 N–H and O–H groups in total. The Balaban J connectivity index is 2.13. The van der Waals surface area contributed by atoms with Crippen molar-refractivity contribution in [2.45, 2.75) is 46.2 Å². The maximum absolute atomic E-state index is 12.0. The lowest BCUT2D eigenvalue weighted by molar-refractivity contribution is 0.423. The highest BCUT2D eigenvalue weighted by atomic mass is 16.1. The lowest BCUT2D eigenvalue weighted by atomic mass is 10.2. The molecule has 21 heavy (non-hydrogen) atoms. The number of hydrogen-bond donors (Lipinski definition) is 1. The summed E-state index contributed by atoms with van der Waals surface area (Å²) >= 11 is 0. The van der Waals surface area contributed by atoms with Crippen molar-refractivity contribution in [1.82, 2.24) is 19.6 Å². The quantitative estimate of drug-likeness (QED) is 0.849. The monoisotopic (exact) mass is 289 g/mol. The van der Waals surface area contributed by atoms with Gasteiger partial charge in [0.05, 0.1) is 30.2 Å². The predicted molar refractivity (Wildman–Crippen MR) is 83.6 cm³/mol. The van der Waals surface area contributed by atoms with Gasteiger partial charge < -0.3 is 5.32 Å². The summed E-state index contributed by atoms with van der Waals surface area (Å²) in [6, 6.07) is 3.93. The van der Waals surface area contributed by atoms with Crippen molar-refractivity contribution in [3.05, 3.63) is 40.6 Å². The molecule has 0 aliphatic carbocycles. The Morgan fingerprint density at radius 3 is 2.67 bits per heavy atom. The number of hydrogen-bond acceptors (Lipinski definition) is 4. The molecule has 0 atom stereocenters. The second-order valence-electron chi connectivity index (χ2n) is 5.03. The molecule has 0 saturated carbocycles. The van der Waals surface area contributed by atoms with E-state index in [9.17, 15) is 4.79 Å². The molecule has 0 radical (unpaired) electrons. The Morgan fingerprint density at radius 2 is 2.05 bits per heavy atom. The van der Waals surface area contributed by atoms with Crippen LogP contribution in [0, 0.1) is 0 Å². The maximum atomic E-state index is 12.0. The number of nitrogens with zero attached hydrogens (tertiary/aromatic N) is 4. The van der Waals surface area contributed by atoms with Crippen molar-refractivity contribution < 1.29 is 0 Å². The maximum Gasteiger partial charge on any atom is 0.269 e. The van der Waals surface area contributed by atoms with Crippen LogP contribution >= 0.6 is 0 Å². The van der Waals surface area contributed by atoms with Crippen LogP contribution in [0.1, 0.15) is 45.3 Å². The summed E-state index contributed by atoms with van der Waals surface area (Å²) in [5.74, 6) is 0. The zero-order valence-electron chi connectivity index (χ0n) is 12.9. The highest BCUT2D eigenvalue weighted by Crippen LogP contribution is 2.14. The molecule has 6 nitrogen and oxygen atoms in total. The number of aromatic nitrogens is 4. The van der Waals surface area contributed by atoms with Gasteiger partial charge in [-0.05, 0) is 25.8 Å². The van der Waals surface area contributed by atoms with Crippen LogP contribution in [0.2, 0.25) is 0 Å². The van der Waals surface area contributed by atoms with Gasteiger partial charge in [0.2, 0.25) is 0 Å². The van der Waals surface area contributed by atoms with Crippen molar-refractivity contribution >= 4 is 5.69 Å². The van der Waals surface area contributed by atoms with Gasteiger partial charge in [0, 0.05) is 18.8 Å². The van der Waals surface area contributed by atoms with E-state index in [1.165, 1.54) is 4.68 Å². The van der Waals surface area contributed by atoms with Crippen LogP contribution in [0.5, 0.6) is 0 Å². The molecule has 2 aromatic heterocycles. The van der Waals surface area contributed by atoms with E-state index in [1.54, 1.807) is 12.3 Å². The summed E-state index contributed by atoms with van der Waals surface area (Å²) < 4.78 is 3.41. The van der Waals surface area contributed by atoms with Crippen LogP contribution in [-0.4, -0.2) is 26.1 Å². The van der Waals surface area contributed by atoms with Gasteiger partial charge in [-0.25, -0.2) is 4.68 Å². The lowest BCUT2D eigenvalue weighted by Gasteiger charge is -2.12. The smallest absolute Gasteiger partial charge is 0.269 e. The highest BCUT2D eigenvalue weighted by Gasteiger charge is 2.09. The van der Waals surface area contributed by atoms with Gasteiger partial charge in [-0.2, -0.15) is 10.2 Å². The van der Waals surface area contributed by atoms with Crippen molar-refractivity contribution in [2.24, 2.45) is 0 Å². The van der Waals surface area contributed by atoms with Crippen LogP contribution in [-0.2, 0) is 6.54 Å². The second-order valence-corrected chi connectivity index (χ2v) is 5.03. The minimum absolute atomic E-state index is 0.120. The zero-order valence-corrected chi connectivity index (χ0v) is 12.9. The molecule has 114 valence electrons. The molecule has 6 heteroatoms. The van der Waals surface area contributed by atoms with Gasteiger partial charge in [-0.3, -0.25) is 9.48 Å². The van der Waals surface area contributed by atoms with Crippen LogP contribution in [0.15, 0.2) is 29.3 Å². The largest absolute Gasteiger partial charge is 0.384 e. The third-order valence-electron chi connectivity index (χ3n) is 3.54. The first-order chi connectivity index (χ1) is 10.2. The predicted octanol–water partition coefficient (Wildman–Crippen LogP) is 2.28. The molecule has 0 aliphatic heterocycles. The van der Waals surface area contributed by atoms with Crippen molar-refractivity contribution in [2.75, 3.05) is 11.9 Å². The summed E-state index contributed by atoms with van der Waals surface area (Å²) in [7, 11) is 0. The third-order valence-corrected chi connectivity index (χ3v) is 3.54. The summed E-state index contributed by atoms with van der Waals surface area (Å²) in [4.78, 5) is 12.0. The molecule has 0 bridgehead atoms. The Morgan fingerprint density at radius 1 is 1.29 bits per heavy atom. The standard InChI is InChI=1S/C15H23N5O/c1-4-14(5-2)19-8-7-12(18-19)11-20-15(21)9-13(10-17-20)16-6-3/h7-10,14,16H,4-6,11H2,1-3H3. The van der Waals surface area contributed by atoms with Gasteiger partial charge >= 0.3 is 0 Å². The molecular formula is C15H23N5O. The number of rotatable bonds is 7. The summed E-state index contributed by atoms with van der Waals surface area (Å²) in [5.41, 5.74) is 1.49. The van der Waals surface area contributed by atoms with Crippen LogP contribution < -0.4 is 10.9 Å². The molecule has 0 fully saturated rings. The first-order valence-electron chi connectivity index (χ1n) is 7.53. The molecule has 0 unspecified atom stereocenters. The molecular weight excluding hydrogens is 266 g/mol. The van der Waals surface area contributed by atoms with Crippen molar-refractivity contribution in [3.8, 4) is 0 Å². The molecule has 0 saturated heterocycles. The topological polar surface area (TPSA) is 64.7 Å². The molecule has 2 heterocycles. The highest BCUT2D eigenvalue weighted by molar-refractivity contribution is 5.38. The molecule has 0 aromatic carbocycles. The first kappa shape index (κ1) is 15.3. The summed E-state index contributed by atoms with van der Waals surface area (Å²) in [6.45, 7) is 7.46. The summed E-state index contributed by atoms with van der Waals surface area (Å²) in [6.07, 6.45) is 5.74. The lowest BCUT2D eigenvalue weighted by Crippen LogP contribution is -2.23. The summed E-state index contributed by atoms with van der Waals surface area (Å²) in [5, 5.41) is 11.8. The van der Waals surface area contributed by atoms with Crippen LogP contribution in [0.3, 0.4) is 0 Å². The minimum atomic E-state index is -0.120. The third kappa shape index (κ3) is 3.71. The van der Waals surface area contributed by atoms with E-state index < -0.39 is 0 Å². The number of nitrogens with one attached hydrogen (secondary N) is 1. The Bertz CT molecular complexity index is 627. The number of anilines is 1.